The lowest BCUT2D eigenvalue weighted by molar-refractivity contribution is 0.0954. The van der Waals surface area contributed by atoms with Gasteiger partial charge in [0.1, 0.15) is 0 Å². The van der Waals surface area contributed by atoms with E-state index in [1.165, 1.54) is 30.5 Å². The maximum atomic E-state index is 12.1. The van der Waals surface area contributed by atoms with E-state index in [0.29, 0.717) is 18.7 Å². The first-order valence-electron chi connectivity index (χ1n) is 8.59. The molecule has 6 heteroatoms. The molecule has 5 nitrogen and oxygen atoms in total. The number of rotatable bonds is 8. The molecule has 2 rings (SSSR count). The molecule has 0 saturated heterocycles. The maximum absolute atomic E-state index is 12.1. The summed E-state index contributed by atoms with van der Waals surface area (Å²) >= 11 is 0. The summed E-state index contributed by atoms with van der Waals surface area (Å²) in [6.45, 7) is 2.92. The van der Waals surface area contributed by atoms with Gasteiger partial charge in [0.15, 0.2) is 0 Å². The third-order valence-corrected chi connectivity index (χ3v) is 5.56. The quantitative estimate of drug-likeness (QED) is 0.708. The average Bonchev–Trinajstić information content (AvgIpc) is 2.61. The van der Waals surface area contributed by atoms with E-state index in [1.54, 1.807) is 12.1 Å². The van der Waals surface area contributed by atoms with Gasteiger partial charge in [0.2, 0.25) is 10.0 Å². The highest BCUT2D eigenvalue weighted by atomic mass is 32.2. The molecule has 1 aromatic rings. The van der Waals surface area contributed by atoms with Crippen molar-refractivity contribution < 1.29 is 13.2 Å². The summed E-state index contributed by atoms with van der Waals surface area (Å²) in [7, 11) is -3.49. The van der Waals surface area contributed by atoms with Crippen LogP contribution in [0.3, 0.4) is 0 Å². The Morgan fingerprint density at radius 3 is 2.50 bits per heavy atom. The number of sulfonamides is 1. The number of nitrogens with one attached hydrogen (secondary N) is 2. The van der Waals surface area contributed by atoms with Crippen LogP contribution in [-0.2, 0) is 10.0 Å². The standard InChI is InChI=1S/C18H26N2O3S/c1-2-13-20-24(22,23)17-10-8-16(9-11-17)18(21)19-14-12-15-6-4-3-5-7-15/h6,8-11,20H,2-5,7,12-14H2,1H3,(H,19,21). The molecule has 0 saturated carbocycles. The van der Waals surface area contributed by atoms with Crippen LogP contribution >= 0.6 is 0 Å². The molecule has 0 aromatic heterocycles. The van der Waals surface area contributed by atoms with Gasteiger partial charge in [-0.25, -0.2) is 13.1 Å². The van der Waals surface area contributed by atoms with Gasteiger partial charge in [-0.05, 0) is 62.8 Å². The van der Waals surface area contributed by atoms with Crippen LogP contribution in [0.1, 0.15) is 55.8 Å². The van der Waals surface area contributed by atoms with Crippen molar-refractivity contribution in [2.75, 3.05) is 13.1 Å². The predicted molar refractivity (Wildman–Crippen MR) is 95.4 cm³/mol. The fourth-order valence-corrected chi connectivity index (χ4v) is 3.81. The molecule has 0 bridgehead atoms. The van der Waals surface area contributed by atoms with Crippen molar-refractivity contribution in [3.63, 3.8) is 0 Å². The van der Waals surface area contributed by atoms with Crippen molar-refractivity contribution in [1.29, 1.82) is 0 Å². The molecule has 0 unspecified atom stereocenters. The zero-order chi connectivity index (χ0) is 17.4. The van der Waals surface area contributed by atoms with E-state index >= 15 is 0 Å². The van der Waals surface area contributed by atoms with Gasteiger partial charge in [-0.15, -0.1) is 0 Å². The fraction of sp³-hybridized carbons (Fsp3) is 0.500. The van der Waals surface area contributed by atoms with Gasteiger partial charge in [-0.1, -0.05) is 18.6 Å². The van der Waals surface area contributed by atoms with E-state index in [-0.39, 0.29) is 10.8 Å². The second-order valence-corrected chi connectivity index (χ2v) is 7.80. The van der Waals surface area contributed by atoms with Gasteiger partial charge < -0.3 is 5.32 Å². The topological polar surface area (TPSA) is 75.3 Å². The molecule has 0 fully saturated rings. The second kappa shape index (κ2) is 8.99. The Balaban J connectivity index is 1.87. The molecule has 0 aliphatic heterocycles. The van der Waals surface area contributed by atoms with Gasteiger partial charge >= 0.3 is 0 Å². The molecule has 0 heterocycles. The SMILES string of the molecule is CCCNS(=O)(=O)c1ccc(C(=O)NCCC2=CCCCC2)cc1. The number of carbonyl (C=O) groups excluding carboxylic acids is 1. The molecule has 132 valence electrons. The first-order valence-corrected chi connectivity index (χ1v) is 10.1. The normalized spacial score (nSPS) is 15.0. The molecule has 0 spiro atoms. The molecular weight excluding hydrogens is 324 g/mol. The molecule has 2 N–H and O–H groups in total. The minimum atomic E-state index is -3.49. The number of hydrogen-bond acceptors (Lipinski definition) is 3. The second-order valence-electron chi connectivity index (χ2n) is 6.04. The average molecular weight is 350 g/mol. The molecule has 1 aromatic carbocycles. The Bertz CT molecular complexity index is 679. The number of hydrogen-bond donors (Lipinski definition) is 2. The molecule has 0 radical (unpaired) electrons. The van der Waals surface area contributed by atoms with Crippen molar-refractivity contribution in [3.8, 4) is 0 Å². The number of benzene rings is 1. The summed E-state index contributed by atoms with van der Waals surface area (Å²) < 4.78 is 26.5. The molecule has 1 aliphatic carbocycles. The Kier molecular flexibility index (Phi) is 6.99. The van der Waals surface area contributed by atoms with Crippen LogP contribution in [0.2, 0.25) is 0 Å². The Morgan fingerprint density at radius 1 is 1.12 bits per heavy atom. The minimum Gasteiger partial charge on any atom is -0.352 e. The first kappa shape index (κ1) is 18.7. The van der Waals surface area contributed by atoms with Crippen LogP contribution in [0.5, 0.6) is 0 Å². The van der Waals surface area contributed by atoms with Crippen LogP contribution in [0.25, 0.3) is 0 Å². The van der Waals surface area contributed by atoms with Gasteiger partial charge in [0.05, 0.1) is 4.90 Å². The predicted octanol–water partition coefficient (Wildman–Crippen LogP) is 3.00. The van der Waals surface area contributed by atoms with E-state index in [1.807, 2.05) is 6.92 Å². The summed E-state index contributed by atoms with van der Waals surface area (Å²) in [5.41, 5.74) is 1.90. The smallest absolute Gasteiger partial charge is 0.251 e. The zero-order valence-corrected chi connectivity index (χ0v) is 15.0. The number of carbonyl (C=O) groups is 1. The van der Waals surface area contributed by atoms with Crippen LogP contribution in [0.4, 0.5) is 0 Å². The van der Waals surface area contributed by atoms with Crippen molar-refractivity contribution in [3.05, 3.63) is 41.5 Å². The summed E-state index contributed by atoms with van der Waals surface area (Å²) in [6.07, 6.45) is 8.67. The molecule has 0 atom stereocenters. The third-order valence-electron chi connectivity index (χ3n) is 4.09. The van der Waals surface area contributed by atoms with Gasteiger partial charge in [0.25, 0.3) is 5.91 Å². The lowest BCUT2D eigenvalue weighted by Gasteiger charge is -2.13. The Labute approximate surface area is 144 Å². The largest absolute Gasteiger partial charge is 0.352 e. The van der Waals surface area contributed by atoms with Gasteiger partial charge in [-0.3, -0.25) is 4.79 Å². The van der Waals surface area contributed by atoms with E-state index < -0.39 is 10.0 Å². The lowest BCUT2D eigenvalue weighted by Crippen LogP contribution is -2.26. The van der Waals surface area contributed by atoms with E-state index in [4.69, 9.17) is 0 Å². The van der Waals surface area contributed by atoms with E-state index in [0.717, 1.165) is 25.7 Å². The Hall–Kier alpha value is -1.66. The highest BCUT2D eigenvalue weighted by molar-refractivity contribution is 7.89. The minimum absolute atomic E-state index is 0.170. The van der Waals surface area contributed by atoms with E-state index in [2.05, 4.69) is 16.1 Å². The van der Waals surface area contributed by atoms with Crippen LogP contribution in [0.15, 0.2) is 40.8 Å². The van der Waals surface area contributed by atoms with Crippen molar-refractivity contribution in [2.45, 2.75) is 50.3 Å². The highest BCUT2D eigenvalue weighted by Gasteiger charge is 2.14. The molecule has 1 amide bonds. The van der Waals surface area contributed by atoms with Crippen LogP contribution in [-0.4, -0.2) is 27.4 Å². The van der Waals surface area contributed by atoms with Crippen molar-refractivity contribution in [2.24, 2.45) is 0 Å². The highest BCUT2D eigenvalue weighted by Crippen LogP contribution is 2.19. The first-order chi connectivity index (χ1) is 11.5. The van der Waals surface area contributed by atoms with Crippen molar-refractivity contribution >= 4 is 15.9 Å². The summed E-state index contributed by atoms with van der Waals surface area (Å²) in [6, 6.07) is 6.04. The molecular formula is C18H26N2O3S. The summed E-state index contributed by atoms with van der Waals surface area (Å²) in [5, 5.41) is 2.89. The summed E-state index contributed by atoms with van der Waals surface area (Å²) in [4.78, 5) is 12.3. The fourth-order valence-electron chi connectivity index (χ4n) is 2.68. The number of allylic oxidation sites excluding steroid dienone is 1. The van der Waals surface area contributed by atoms with Crippen molar-refractivity contribution in [1.82, 2.24) is 10.0 Å². The summed E-state index contributed by atoms with van der Waals surface area (Å²) in [5.74, 6) is -0.170. The van der Waals surface area contributed by atoms with Gasteiger partial charge in [0, 0.05) is 18.7 Å². The van der Waals surface area contributed by atoms with Crippen LogP contribution < -0.4 is 10.0 Å². The van der Waals surface area contributed by atoms with E-state index in [9.17, 15) is 13.2 Å². The maximum Gasteiger partial charge on any atom is 0.251 e. The van der Waals surface area contributed by atoms with Gasteiger partial charge in [-0.2, -0.15) is 0 Å². The Morgan fingerprint density at radius 2 is 1.88 bits per heavy atom. The monoisotopic (exact) mass is 350 g/mol. The molecule has 24 heavy (non-hydrogen) atoms. The third kappa shape index (κ3) is 5.46. The number of amides is 1. The molecule has 1 aliphatic rings. The zero-order valence-electron chi connectivity index (χ0n) is 14.2. The van der Waals surface area contributed by atoms with Crippen LogP contribution in [0, 0.1) is 0 Å². The lowest BCUT2D eigenvalue weighted by atomic mass is 9.97.